The van der Waals surface area contributed by atoms with E-state index in [4.69, 9.17) is 4.74 Å². The van der Waals surface area contributed by atoms with E-state index in [0.717, 1.165) is 10.6 Å². The van der Waals surface area contributed by atoms with Crippen LogP contribution < -0.4 is 4.74 Å². The minimum atomic E-state index is 0.0222. The van der Waals surface area contributed by atoms with Gasteiger partial charge in [0.05, 0.1) is 4.88 Å². The van der Waals surface area contributed by atoms with Gasteiger partial charge in [0.1, 0.15) is 5.75 Å². The van der Waals surface area contributed by atoms with Crippen molar-refractivity contribution in [3.05, 3.63) is 46.7 Å². The highest BCUT2D eigenvalue weighted by Crippen LogP contribution is 2.19. The largest absolute Gasteiger partial charge is 0.485 e. The van der Waals surface area contributed by atoms with Crippen LogP contribution in [0.2, 0.25) is 0 Å². The molecule has 0 saturated carbocycles. The molecule has 0 N–H and O–H groups in total. The molecule has 0 fully saturated rings. The molecular formula is C13H12O2S2. The third-order valence-electron chi connectivity index (χ3n) is 2.23. The van der Waals surface area contributed by atoms with Gasteiger partial charge in [-0.25, -0.2) is 0 Å². The SMILES string of the molecule is CSc1ccc(OCC(=O)c2cccs2)cc1. The monoisotopic (exact) mass is 264 g/mol. The first kappa shape index (κ1) is 12.2. The zero-order valence-electron chi connectivity index (χ0n) is 9.38. The molecule has 0 aliphatic carbocycles. The van der Waals surface area contributed by atoms with Gasteiger partial charge < -0.3 is 4.74 Å². The molecule has 0 saturated heterocycles. The highest BCUT2D eigenvalue weighted by atomic mass is 32.2. The Labute approximate surface area is 109 Å². The molecule has 88 valence electrons. The molecule has 1 aromatic heterocycles. The molecule has 0 aliphatic rings. The predicted molar refractivity (Wildman–Crippen MR) is 72.4 cm³/mol. The molecule has 1 aromatic carbocycles. The fourth-order valence-corrected chi connectivity index (χ4v) is 2.39. The van der Waals surface area contributed by atoms with Gasteiger partial charge >= 0.3 is 0 Å². The second kappa shape index (κ2) is 5.89. The summed E-state index contributed by atoms with van der Waals surface area (Å²) in [7, 11) is 0. The predicted octanol–water partition coefficient (Wildman–Crippen LogP) is 3.73. The van der Waals surface area contributed by atoms with E-state index in [-0.39, 0.29) is 12.4 Å². The summed E-state index contributed by atoms with van der Waals surface area (Å²) in [6, 6.07) is 11.4. The lowest BCUT2D eigenvalue weighted by molar-refractivity contribution is 0.0925. The molecule has 2 rings (SSSR count). The Morgan fingerprint density at radius 2 is 2.06 bits per heavy atom. The van der Waals surface area contributed by atoms with Crippen LogP contribution in [0.3, 0.4) is 0 Å². The van der Waals surface area contributed by atoms with Gasteiger partial charge in [0.25, 0.3) is 0 Å². The second-order valence-corrected chi connectivity index (χ2v) is 5.19. The first-order chi connectivity index (χ1) is 8.29. The van der Waals surface area contributed by atoms with Gasteiger partial charge in [-0.15, -0.1) is 23.1 Å². The number of hydrogen-bond donors (Lipinski definition) is 0. The number of ether oxygens (including phenoxy) is 1. The number of carbonyl (C=O) groups is 1. The normalized spacial score (nSPS) is 10.2. The summed E-state index contributed by atoms with van der Waals surface area (Å²) in [4.78, 5) is 13.6. The average molecular weight is 264 g/mol. The first-order valence-corrected chi connectivity index (χ1v) is 7.23. The highest BCUT2D eigenvalue weighted by molar-refractivity contribution is 7.98. The zero-order chi connectivity index (χ0) is 12.1. The maximum Gasteiger partial charge on any atom is 0.210 e. The van der Waals surface area contributed by atoms with Crippen LogP contribution >= 0.6 is 23.1 Å². The molecule has 17 heavy (non-hydrogen) atoms. The maximum atomic E-state index is 11.7. The molecule has 4 heteroatoms. The third-order valence-corrected chi connectivity index (χ3v) is 3.88. The molecule has 0 radical (unpaired) electrons. The lowest BCUT2D eigenvalue weighted by Gasteiger charge is -2.05. The van der Waals surface area contributed by atoms with E-state index in [1.807, 2.05) is 48.0 Å². The highest BCUT2D eigenvalue weighted by Gasteiger charge is 2.07. The van der Waals surface area contributed by atoms with Crippen molar-refractivity contribution in [3.8, 4) is 5.75 Å². The van der Waals surface area contributed by atoms with Crippen LogP contribution in [0.1, 0.15) is 9.67 Å². The van der Waals surface area contributed by atoms with E-state index < -0.39 is 0 Å². The summed E-state index contributed by atoms with van der Waals surface area (Å²) in [5, 5.41) is 1.89. The Balaban J connectivity index is 1.91. The summed E-state index contributed by atoms with van der Waals surface area (Å²) in [5.41, 5.74) is 0. The molecule has 0 amide bonds. The number of thiophene rings is 1. The molecule has 0 unspecified atom stereocenters. The zero-order valence-corrected chi connectivity index (χ0v) is 11.0. The molecule has 2 nitrogen and oxygen atoms in total. The topological polar surface area (TPSA) is 26.3 Å². The third kappa shape index (κ3) is 3.35. The van der Waals surface area contributed by atoms with Crippen LogP contribution in [0.25, 0.3) is 0 Å². The summed E-state index contributed by atoms with van der Waals surface area (Å²) >= 11 is 3.12. The number of thioether (sulfide) groups is 1. The average Bonchev–Trinajstić information content (AvgIpc) is 2.90. The molecular weight excluding hydrogens is 252 g/mol. The van der Waals surface area contributed by atoms with Crippen LogP contribution in [0.4, 0.5) is 0 Å². The molecule has 0 atom stereocenters. The van der Waals surface area contributed by atoms with Gasteiger partial charge in [0.2, 0.25) is 5.78 Å². The Bertz CT molecular complexity index is 475. The number of benzene rings is 1. The van der Waals surface area contributed by atoms with Gasteiger partial charge in [-0.2, -0.15) is 0 Å². The molecule has 1 heterocycles. The van der Waals surface area contributed by atoms with Crippen LogP contribution in [-0.4, -0.2) is 18.6 Å². The van der Waals surface area contributed by atoms with E-state index in [1.54, 1.807) is 11.8 Å². The summed E-state index contributed by atoms with van der Waals surface area (Å²) < 4.78 is 5.44. The van der Waals surface area contributed by atoms with Crippen LogP contribution in [-0.2, 0) is 0 Å². The van der Waals surface area contributed by atoms with Crippen molar-refractivity contribution in [3.63, 3.8) is 0 Å². The van der Waals surface area contributed by atoms with Gasteiger partial charge in [-0.05, 0) is 42.0 Å². The Morgan fingerprint density at radius 1 is 1.29 bits per heavy atom. The molecule has 0 aliphatic heterocycles. The second-order valence-electron chi connectivity index (χ2n) is 3.36. The van der Waals surface area contributed by atoms with E-state index in [9.17, 15) is 4.79 Å². The standard InChI is InChI=1S/C13H12O2S2/c1-16-11-6-4-10(5-7-11)15-9-12(14)13-3-2-8-17-13/h2-8H,9H2,1H3. The Kier molecular flexibility index (Phi) is 4.23. The number of hydrogen-bond acceptors (Lipinski definition) is 4. The number of carbonyl (C=O) groups excluding carboxylic acids is 1. The fourth-order valence-electron chi connectivity index (χ4n) is 1.33. The van der Waals surface area contributed by atoms with Crippen molar-refractivity contribution in [2.75, 3.05) is 12.9 Å². The number of rotatable bonds is 5. The van der Waals surface area contributed by atoms with Crippen molar-refractivity contribution in [2.45, 2.75) is 4.90 Å². The van der Waals surface area contributed by atoms with Crippen molar-refractivity contribution in [1.82, 2.24) is 0 Å². The lowest BCUT2D eigenvalue weighted by Crippen LogP contribution is -2.09. The van der Waals surface area contributed by atoms with E-state index in [1.165, 1.54) is 16.2 Å². The summed E-state index contributed by atoms with van der Waals surface area (Å²) in [5.74, 6) is 0.752. The molecule has 2 aromatic rings. The van der Waals surface area contributed by atoms with Gasteiger partial charge in [0, 0.05) is 4.90 Å². The molecule has 0 bridgehead atoms. The van der Waals surface area contributed by atoms with Crippen molar-refractivity contribution < 1.29 is 9.53 Å². The number of ketones is 1. The van der Waals surface area contributed by atoms with Crippen LogP contribution in [0.15, 0.2) is 46.7 Å². The maximum absolute atomic E-state index is 11.7. The minimum absolute atomic E-state index is 0.0222. The van der Waals surface area contributed by atoms with Gasteiger partial charge in [0.15, 0.2) is 6.61 Å². The lowest BCUT2D eigenvalue weighted by atomic mass is 10.3. The Hall–Kier alpha value is -1.26. The molecule has 0 spiro atoms. The van der Waals surface area contributed by atoms with Crippen molar-refractivity contribution in [1.29, 1.82) is 0 Å². The van der Waals surface area contributed by atoms with Crippen LogP contribution in [0.5, 0.6) is 5.75 Å². The first-order valence-electron chi connectivity index (χ1n) is 5.13. The number of Topliss-reactive ketones (excluding diaryl/α,β-unsaturated/α-hetero) is 1. The Morgan fingerprint density at radius 3 is 2.65 bits per heavy atom. The van der Waals surface area contributed by atoms with E-state index in [0.29, 0.717) is 0 Å². The van der Waals surface area contributed by atoms with Crippen molar-refractivity contribution >= 4 is 28.9 Å². The van der Waals surface area contributed by atoms with E-state index in [2.05, 4.69) is 0 Å². The minimum Gasteiger partial charge on any atom is -0.485 e. The van der Waals surface area contributed by atoms with Gasteiger partial charge in [-0.3, -0.25) is 4.79 Å². The smallest absolute Gasteiger partial charge is 0.210 e. The quantitative estimate of drug-likeness (QED) is 0.608. The van der Waals surface area contributed by atoms with Gasteiger partial charge in [-0.1, -0.05) is 6.07 Å². The summed E-state index contributed by atoms with van der Waals surface area (Å²) in [6.45, 7) is 0.0964. The van der Waals surface area contributed by atoms with Crippen LogP contribution in [0, 0.1) is 0 Å². The van der Waals surface area contributed by atoms with Crippen molar-refractivity contribution in [2.24, 2.45) is 0 Å². The summed E-state index contributed by atoms with van der Waals surface area (Å²) in [6.07, 6.45) is 2.02. The fraction of sp³-hybridized carbons (Fsp3) is 0.154. The van der Waals surface area contributed by atoms with E-state index >= 15 is 0 Å².